The largest absolute Gasteiger partial charge is 0.354 e. The summed E-state index contributed by atoms with van der Waals surface area (Å²) >= 11 is 0. The molecule has 1 atom stereocenters. The van der Waals surface area contributed by atoms with Gasteiger partial charge in [-0.15, -0.1) is 0 Å². The van der Waals surface area contributed by atoms with Gasteiger partial charge >= 0.3 is 0 Å². The van der Waals surface area contributed by atoms with E-state index >= 15 is 0 Å². The molecule has 0 spiro atoms. The minimum Gasteiger partial charge on any atom is -0.354 e. The van der Waals surface area contributed by atoms with E-state index in [1.165, 1.54) is 11.1 Å². The summed E-state index contributed by atoms with van der Waals surface area (Å²) in [6.07, 6.45) is 3.34. The number of amides is 2. The molecule has 2 aromatic rings. The maximum absolute atomic E-state index is 13.1. The number of rotatable bonds is 11. The van der Waals surface area contributed by atoms with Crippen molar-refractivity contribution in [3.8, 4) is 0 Å². The third-order valence-corrected chi connectivity index (χ3v) is 5.17. The van der Waals surface area contributed by atoms with E-state index in [1.807, 2.05) is 32.0 Å². The standard InChI is InChI=1S/C25H34N2O2/c1-4-18-26-25(29)23(5-2)27(19-17-21-9-7-6-8-10-21)24(28)16-15-22-13-11-20(3)12-14-22/h6-14,23H,4-5,15-19H2,1-3H3,(H,26,29)/t23-/m0/s1. The van der Waals surface area contributed by atoms with Gasteiger partial charge in [0, 0.05) is 19.5 Å². The molecule has 0 unspecified atom stereocenters. The monoisotopic (exact) mass is 394 g/mol. The molecule has 0 fully saturated rings. The van der Waals surface area contributed by atoms with Crippen molar-refractivity contribution >= 4 is 11.8 Å². The smallest absolute Gasteiger partial charge is 0.242 e. The number of nitrogens with zero attached hydrogens (tertiary/aromatic N) is 1. The first-order valence-corrected chi connectivity index (χ1v) is 10.7. The van der Waals surface area contributed by atoms with E-state index in [0.29, 0.717) is 32.4 Å². The fourth-order valence-electron chi connectivity index (χ4n) is 3.41. The van der Waals surface area contributed by atoms with Crippen LogP contribution in [0.5, 0.6) is 0 Å². The minimum atomic E-state index is -0.421. The Morgan fingerprint density at radius 2 is 1.59 bits per heavy atom. The van der Waals surface area contributed by atoms with Gasteiger partial charge in [-0.2, -0.15) is 0 Å². The first kappa shape index (κ1) is 22.7. The summed E-state index contributed by atoms with van der Waals surface area (Å²) in [6, 6.07) is 18.0. The molecular weight excluding hydrogens is 360 g/mol. The van der Waals surface area contributed by atoms with Gasteiger partial charge < -0.3 is 10.2 Å². The molecule has 0 aliphatic rings. The van der Waals surface area contributed by atoms with Crippen molar-refractivity contribution in [2.24, 2.45) is 0 Å². The first-order chi connectivity index (χ1) is 14.0. The van der Waals surface area contributed by atoms with E-state index in [-0.39, 0.29) is 11.8 Å². The van der Waals surface area contributed by atoms with Gasteiger partial charge in [-0.05, 0) is 43.7 Å². The third-order valence-electron chi connectivity index (χ3n) is 5.17. The van der Waals surface area contributed by atoms with Gasteiger partial charge in [0.1, 0.15) is 6.04 Å². The number of nitrogens with one attached hydrogen (secondary N) is 1. The summed E-state index contributed by atoms with van der Waals surface area (Å²) in [4.78, 5) is 27.6. The van der Waals surface area contributed by atoms with Crippen LogP contribution in [0.3, 0.4) is 0 Å². The number of benzene rings is 2. The van der Waals surface area contributed by atoms with E-state index < -0.39 is 6.04 Å². The summed E-state index contributed by atoms with van der Waals surface area (Å²) < 4.78 is 0. The first-order valence-electron chi connectivity index (χ1n) is 10.7. The highest BCUT2D eigenvalue weighted by Gasteiger charge is 2.27. The van der Waals surface area contributed by atoms with Crippen molar-refractivity contribution in [3.05, 3.63) is 71.3 Å². The molecule has 1 N–H and O–H groups in total. The fraction of sp³-hybridized carbons (Fsp3) is 0.440. The van der Waals surface area contributed by atoms with Crippen molar-refractivity contribution in [2.45, 2.75) is 58.9 Å². The van der Waals surface area contributed by atoms with E-state index in [1.54, 1.807) is 4.90 Å². The molecule has 0 radical (unpaired) electrons. The molecule has 0 aliphatic heterocycles. The lowest BCUT2D eigenvalue weighted by atomic mass is 10.0. The van der Waals surface area contributed by atoms with E-state index in [2.05, 4.69) is 48.6 Å². The Balaban J connectivity index is 2.09. The number of carbonyl (C=O) groups is 2. The molecule has 0 heterocycles. The highest BCUT2D eigenvalue weighted by molar-refractivity contribution is 5.87. The van der Waals surface area contributed by atoms with E-state index in [4.69, 9.17) is 0 Å². The van der Waals surface area contributed by atoms with Gasteiger partial charge in [0.15, 0.2) is 0 Å². The van der Waals surface area contributed by atoms with Crippen LogP contribution < -0.4 is 5.32 Å². The Labute approximate surface area is 175 Å². The van der Waals surface area contributed by atoms with Crippen LogP contribution in [0.1, 0.15) is 49.8 Å². The zero-order valence-corrected chi connectivity index (χ0v) is 18.0. The van der Waals surface area contributed by atoms with Crippen molar-refractivity contribution < 1.29 is 9.59 Å². The summed E-state index contributed by atoms with van der Waals surface area (Å²) in [5, 5.41) is 2.96. The molecule has 29 heavy (non-hydrogen) atoms. The van der Waals surface area contributed by atoms with Crippen LogP contribution in [0.4, 0.5) is 0 Å². The number of hydrogen-bond acceptors (Lipinski definition) is 2. The van der Waals surface area contributed by atoms with Gasteiger partial charge in [-0.3, -0.25) is 9.59 Å². The average Bonchev–Trinajstić information content (AvgIpc) is 2.75. The molecule has 0 aliphatic carbocycles. The molecule has 2 amide bonds. The van der Waals surface area contributed by atoms with Crippen LogP contribution in [0, 0.1) is 6.92 Å². The highest BCUT2D eigenvalue weighted by Crippen LogP contribution is 2.13. The van der Waals surface area contributed by atoms with Crippen LogP contribution in [0.15, 0.2) is 54.6 Å². The van der Waals surface area contributed by atoms with Crippen molar-refractivity contribution in [1.29, 1.82) is 0 Å². The summed E-state index contributed by atoms with van der Waals surface area (Å²) in [6.45, 7) is 7.25. The number of hydrogen-bond donors (Lipinski definition) is 1. The maximum Gasteiger partial charge on any atom is 0.242 e. The van der Waals surface area contributed by atoms with E-state index in [0.717, 1.165) is 18.4 Å². The van der Waals surface area contributed by atoms with Crippen LogP contribution >= 0.6 is 0 Å². The lowest BCUT2D eigenvalue weighted by Gasteiger charge is -2.30. The second-order valence-corrected chi connectivity index (χ2v) is 7.52. The molecule has 0 bridgehead atoms. The van der Waals surface area contributed by atoms with Crippen LogP contribution in [0.25, 0.3) is 0 Å². The molecule has 0 saturated carbocycles. The molecule has 0 aromatic heterocycles. The highest BCUT2D eigenvalue weighted by atomic mass is 16.2. The zero-order chi connectivity index (χ0) is 21.1. The van der Waals surface area contributed by atoms with Gasteiger partial charge in [-0.1, -0.05) is 74.0 Å². The third kappa shape index (κ3) is 7.37. The predicted molar refractivity (Wildman–Crippen MR) is 119 cm³/mol. The zero-order valence-electron chi connectivity index (χ0n) is 18.0. The molecule has 156 valence electrons. The Bertz CT molecular complexity index is 756. The van der Waals surface area contributed by atoms with Crippen molar-refractivity contribution in [3.63, 3.8) is 0 Å². The minimum absolute atomic E-state index is 0.0417. The summed E-state index contributed by atoms with van der Waals surface area (Å²) in [7, 11) is 0. The average molecular weight is 395 g/mol. The number of carbonyl (C=O) groups excluding carboxylic acids is 2. The molecule has 2 rings (SSSR count). The lowest BCUT2D eigenvalue weighted by molar-refractivity contribution is -0.140. The predicted octanol–water partition coefficient (Wildman–Crippen LogP) is 4.30. The Morgan fingerprint density at radius 1 is 0.931 bits per heavy atom. The molecule has 4 nitrogen and oxygen atoms in total. The van der Waals surface area contributed by atoms with Crippen LogP contribution in [0.2, 0.25) is 0 Å². The Kier molecular flexibility index (Phi) is 9.42. The summed E-state index contributed by atoms with van der Waals surface area (Å²) in [5.41, 5.74) is 3.53. The quantitative estimate of drug-likeness (QED) is 0.618. The second kappa shape index (κ2) is 12.1. The van der Waals surface area contributed by atoms with Gasteiger partial charge in [0.25, 0.3) is 0 Å². The maximum atomic E-state index is 13.1. The molecule has 4 heteroatoms. The second-order valence-electron chi connectivity index (χ2n) is 7.52. The topological polar surface area (TPSA) is 49.4 Å². The summed E-state index contributed by atoms with van der Waals surface area (Å²) in [5.74, 6) is -0.00824. The van der Waals surface area contributed by atoms with Gasteiger partial charge in [-0.25, -0.2) is 0 Å². The van der Waals surface area contributed by atoms with Gasteiger partial charge in [0.2, 0.25) is 11.8 Å². The van der Waals surface area contributed by atoms with Crippen molar-refractivity contribution in [1.82, 2.24) is 10.2 Å². The van der Waals surface area contributed by atoms with Crippen LogP contribution in [-0.2, 0) is 22.4 Å². The number of aryl methyl sites for hydroxylation is 2. The van der Waals surface area contributed by atoms with E-state index in [9.17, 15) is 9.59 Å². The van der Waals surface area contributed by atoms with Crippen LogP contribution in [-0.4, -0.2) is 35.8 Å². The van der Waals surface area contributed by atoms with Crippen molar-refractivity contribution in [2.75, 3.05) is 13.1 Å². The van der Waals surface area contributed by atoms with Gasteiger partial charge in [0.05, 0.1) is 0 Å². The molecule has 2 aromatic carbocycles. The SMILES string of the molecule is CCCNC(=O)[C@H](CC)N(CCc1ccccc1)C(=O)CCc1ccc(C)cc1. The lowest BCUT2D eigenvalue weighted by Crippen LogP contribution is -2.50. The Hall–Kier alpha value is -2.62. The normalized spacial score (nSPS) is 11.7. The molecular formula is C25H34N2O2. The molecule has 0 saturated heterocycles. The Morgan fingerprint density at radius 3 is 2.21 bits per heavy atom. The fourth-order valence-corrected chi connectivity index (χ4v) is 3.41.